The van der Waals surface area contributed by atoms with Gasteiger partial charge in [0.25, 0.3) is 5.91 Å². The summed E-state index contributed by atoms with van der Waals surface area (Å²) in [7, 11) is 3.51. The first-order valence-electron chi connectivity index (χ1n) is 8.47. The molecule has 1 heterocycles. The van der Waals surface area contributed by atoms with Gasteiger partial charge in [-0.2, -0.15) is 0 Å². The van der Waals surface area contributed by atoms with Gasteiger partial charge < -0.3 is 9.64 Å². The van der Waals surface area contributed by atoms with Crippen LogP contribution in [0.3, 0.4) is 0 Å². The number of hydrogen-bond donors (Lipinski definition) is 0. The van der Waals surface area contributed by atoms with Gasteiger partial charge in [-0.05, 0) is 48.2 Å². The third kappa shape index (κ3) is 2.74. The van der Waals surface area contributed by atoms with Crippen LogP contribution >= 0.6 is 0 Å². The van der Waals surface area contributed by atoms with Gasteiger partial charge in [0.2, 0.25) is 0 Å². The van der Waals surface area contributed by atoms with Gasteiger partial charge in [-0.1, -0.05) is 30.3 Å². The second-order valence-corrected chi connectivity index (χ2v) is 6.42. The minimum Gasteiger partial charge on any atom is -0.497 e. The Balaban J connectivity index is 1.63. The number of amides is 1. The molecule has 0 bridgehead atoms. The highest BCUT2D eigenvalue weighted by molar-refractivity contribution is 5.95. The Bertz CT molecular complexity index is 952. The van der Waals surface area contributed by atoms with E-state index in [9.17, 15) is 4.79 Å². The molecular weight excluding hydrogens is 312 g/mol. The molecule has 0 saturated heterocycles. The Kier molecular flexibility index (Phi) is 3.88. The molecule has 0 radical (unpaired) electrons. The first-order chi connectivity index (χ1) is 12.2. The van der Waals surface area contributed by atoms with Gasteiger partial charge in [-0.15, -0.1) is 0 Å². The number of aryl methyl sites for hydroxylation is 1. The van der Waals surface area contributed by atoms with Crippen molar-refractivity contribution in [1.82, 2.24) is 9.88 Å². The zero-order chi connectivity index (χ0) is 17.4. The lowest BCUT2D eigenvalue weighted by Gasteiger charge is -2.25. The second kappa shape index (κ2) is 6.20. The zero-order valence-electron chi connectivity index (χ0n) is 14.4. The number of aromatic nitrogens is 1. The van der Waals surface area contributed by atoms with Crippen LogP contribution in [-0.2, 0) is 6.42 Å². The summed E-state index contributed by atoms with van der Waals surface area (Å²) in [4.78, 5) is 19.3. The van der Waals surface area contributed by atoms with Gasteiger partial charge in [0.05, 0.1) is 18.7 Å². The van der Waals surface area contributed by atoms with Crippen LogP contribution in [0.15, 0.2) is 54.6 Å². The van der Waals surface area contributed by atoms with Crippen LogP contribution in [0.4, 0.5) is 0 Å². The lowest BCUT2D eigenvalue weighted by molar-refractivity contribution is 0.0725. The van der Waals surface area contributed by atoms with E-state index in [1.165, 1.54) is 11.1 Å². The summed E-state index contributed by atoms with van der Waals surface area (Å²) < 4.78 is 5.24. The van der Waals surface area contributed by atoms with E-state index in [4.69, 9.17) is 4.74 Å². The monoisotopic (exact) mass is 332 g/mol. The standard InChI is InChI=1S/C21H20N2O2/c1-23(20-12-8-14-5-3-4-6-17(14)20)21(24)19-10-7-15-13-16(25-2)9-11-18(15)22-19/h3-7,9-11,13,20H,8,12H2,1-2H3. The van der Waals surface area contributed by atoms with Crippen molar-refractivity contribution >= 4 is 16.8 Å². The average Bonchev–Trinajstić information content (AvgIpc) is 3.10. The van der Waals surface area contributed by atoms with Gasteiger partial charge >= 0.3 is 0 Å². The average molecular weight is 332 g/mol. The van der Waals surface area contributed by atoms with Crippen molar-refractivity contribution in [2.75, 3.05) is 14.2 Å². The topological polar surface area (TPSA) is 42.4 Å². The molecule has 4 nitrogen and oxygen atoms in total. The number of rotatable bonds is 3. The molecule has 0 spiro atoms. The molecule has 3 aromatic rings. The summed E-state index contributed by atoms with van der Waals surface area (Å²) in [5, 5.41) is 0.963. The summed E-state index contributed by atoms with van der Waals surface area (Å²) in [6.07, 6.45) is 1.98. The van der Waals surface area contributed by atoms with Crippen molar-refractivity contribution in [1.29, 1.82) is 0 Å². The van der Waals surface area contributed by atoms with Crippen LogP contribution in [0.5, 0.6) is 5.75 Å². The van der Waals surface area contributed by atoms with E-state index in [1.807, 2.05) is 42.3 Å². The summed E-state index contributed by atoms with van der Waals surface area (Å²) in [6, 6.07) is 17.9. The third-order valence-corrected chi connectivity index (χ3v) is 5.00. The SMILES string of the molecule is COc1ccc2nc(C(=O)N(C)C3CCc4ccccc43)ccc2c1. The van der Waals surface area contributed by atoms with E-state index < -0.39 is 0 Å². The number of nitrogens with zero attached hydrogens (tertiary/aromatic N) is 2. The maximum Gasteiger partial charge on any atom is 0.272 e. The van der Waals surface area contributed by atoms with Crippen LogP contribution in [0.1, 0.15) is 34.1 Å². The lowest BCUT2D eigenvalue weighted by Crippen LogP contribution is -2.30. The van der Waals surface area contributed by atoms with Crippen LogP contribution in [0.25, 0.3) is 10.9 Å². The molecule has 1 amide bonds. The highest BCUT2D eigenvalue weighted by atomic mass is 16.5. The maximum absolute atomic E-state index is 12.9. The Labute approximate surface area is 147 Å². The number of methoxy groups -OCH3 is 1. The second-order valence-electron chi connectivity index (χ2n) is 6.42. The van der Waals surface area contributed by atoms with Crippen LogP contribution in [0.2, 0.25) is 0 Å². The summed E-state index contributed by atoms with van der Waals surface area (Å²) in [6.45, 7) is 0. The molecule has 1 aliphatic rings. The van der Waals surface area contributed by atoms with E-state index in [2.05, 4.69) is 23.2 Å². The van der Waals surface area contributed by atoms with Crippen molar-refractivity contribution < 1.29 is 9.53 Å². The molecule has 126 valence electrons. The van der Waals surface area contributed by atoms with Crippen molar-refractivity contribution in [3.63, 3.8) is 0 Å². The molecule has 1 aromatic heterocycles. The predicted molar refractivity (Wildman–Crippen MR) is 97.9 cm³/mol. The van der Waals surface area contributed by atoms with Gasteiger partial charge in [-0.3, -0.25) is 4.79 Å². The molecule has 0 N–H and O–H groups in total. The van der Waals surface area contributed by atoms with Gasteiger partial charge in [0, 0.05) is 12.4 Å². The number of benzene rings is 2. The van der Waals surface area contributed by atoms with Crippen molar-refractivity contribution in [2.24, 2.45) is 0 Å². The molecule has 1 aliphatic carbocycles. The molecule has 1 unspecified atom stereocenters. The fourth-order valence-corrected chi connectivity index (χ4v) is 3.61. The highest BCUT2D eigenvalue weighted by Crippen LogP contribution is 2.35. The number of pyridine rings is 1. The maximum atomic E-state index is 12.9. The molecule has 0 saturated carbocycles. The Morgan fingerprint density at radius 2 is 2.00 bits per heavy atom. The first kappa shape index (κ1) is 15.6. The lowest BCUT2D eigenvalue weighted by atomic mass is 10.1. The van der Waals surface area contributed by atoms with Crippen LogP contribution in [0, 0.1) is 0 Å². The fourth-order valence-electron chi connectivity index (χ4n) is 3.61. The summed E-state index contributed by atoms with van der Waals surface area (Å²) in [5.74, 6) is 0.743. The Morgan fingerprint density at radius 3 is 2.84 bits per heavy atom. The van der Waals surface area contributed by atoms with Gasteiger partial charge in [0.1, 0.15) is 11.4 Å². The predicted octanol–water partition coefficient (Wildman–Crippen LogP) is 4.00. The zero-order valence-corrected chi connectivity index (χ0v) is 14.4. The van der Waals surface area contributed by atoms with E-state index in [0.717, 1.165) is 29.5 Å². The molecule has 0 fully saturated rings. The minimum absolute atomic E-state index is 0.0422. The van der Waals surface area contributed by atoms with Crippen LogP contribution in [-0.4, -0.2) is 29.9 Å². The molecule has 4 heteroatoms. The van der Waals surface area contributed by atoms with Crippen molar-refractivity contribution in [3.05, 3.63) is 71.4 Å². The fraction of sp³-hybridized carbons (Fsp3) is 0.238. The Hall–Kier alpha value is -2.88. The Morgan fingerprint density at radius 1 is 1.16 bits per heavy atom. The normalized spacial score (nSPS) is 15.8. The van der Waals surface area contributed by atoms with E-state index in [0.29, 0.717) is 5.69 Å². The molecule has 1 atom stereocenters. The van der Waals surface area contributed by atoms with E-state index >= 15 is 0 Å². The highest BCUT2D eigenvalue weighted by Gasteiger charge is 2.29. The van der Waals surface area contributed by atoms with E-state index in [1.54, 1.807) is 13.2 Å². The molecule has 0 aliphatic heterocycles. The van der Waals surface area contributed by atoms with Crippen LogP contribution < -0.4 is 4.74 Å². The summed E-state index contributed by atoms with van der Waals surface area (Å²) in [5.41, 5.74) is 3.87. The number of fused-ring (bicyclic) bond motifs is 2. The quantitative estimate of drug-likeness (QED) is 0.728. The molecule has 4 rings (SSSR count). The van der Waals surface area contributed by atoms with Crippen molar-refractivity contribution in [2.45, 2.75) is 18.9 Å². The largest absolute Gasteiger partial charge is 0.497 e. The molecule has 25 heavy (non-hydrogen) atoms. The number of carbonyl (C=O) groups excluding carboxylic acids is 1. The third-order valence-electron chi connectivity index (χ3n) is 5.00. The molecule has 2 aromatic carbocycles. The van der Waals surface area contributed by atoms with E-state index in [-0.39, 0.29) is 11.9 Å². The summed E-state index contributed by atoms with van der Waals surface area (Å²) >= 11 is 0. The smallest absolute Gasteiger partial charge is 0.272 e. The minimum atomic E-state index is -0.0422. The first-order valence-corrected chi connectivity index (χ1v) is 8.47. The number of carbonyl (C=O) groups is 1. The molecular formula is C21H20N2O2. The number of ether oxygens (including phenoxy) is 1. The van der Waals surface area contributed by atoms with Gasteiger partial charge in [-0.25, -0.2) is 4.98 Å². The van der Waals surface area contributed by atoms with Gasteiger partial charge in [0.15, 0.2) is 0 Å². The van der Waals surface area contributed by atoms with Crippen molar-refractivity contribution in [3.8, 4) is 5.75 Å². The number of hydrogen-bond acceptors (Lipinski definition) is 3.